The van der Waals surface area contributed by atoms with Crippen molar-refractivity contribution in [2.75, 3.05) is 6.61 Å². The largest absolute Gasteiger partial charge is 0.374 e. The first kappa shape index (κ1) is 14.5. The molecule has 1 heteroatoms. The molecule has 0 aromatic rings. The van der Waals surface area contributed by atoms with E-state index < -0.39 is 0 Å². The lowest BCUT2D eigenvalue weighted by atomic mass is 9.43. The topological polar surface area (TPSA) is 9.23 Å². The molecular weight excluding hydrogens is 256 g/mol. The highest BCUT2D eigenvalue weighted by molar-refractivity contribution is 5.14. The second-order valence-corrected chi connectivity index (χ2v) is 10.5. The van der Waals surface area contributed by atoms with Crippen LogP contribution in [-0.4, -0.2) is 12.2 Å². The van der Waals surface area contributed by atoms with Crippen molar-refractivity contribution in [3.05, 3.63) is 0 Å². The van der Waals surface area contributed by atoms with Gasteiger partial charge in [-0.2, -0.15) is 0 Å². The van der Waals surface area contributed by atoms with Gasteiger partial charge in [0.1, 0.15) is 0 Å². The van der Waals surface area contributed by atoms with Gasteiger partial charge in [-0.05, 0) is 72.5 Å². The second-order valence-electron chi connectivity index (χ2n) is 10.5. The maximum absolute atomic E-state index is 6.59. The zero-order valence-corrected chi connectivity index (χ0v) is 14.8. The molecule has 4 rings (SSSR count). The van der Waals surface area contributed by atoms with Crippen molar-refractivity contribution in [2.45, 2.75) is 85.2 Å². The smallest absolute Gasteiger partial charge is 0.0717 e. The maximum Gasteiger partial charge on any atom is 0.0717 e. The van der Waals surface area contributed by atoms with Crippen LogP contribution in [0.25, 0.3) is 0 Å². The zero-order valence-electron chi connectivity index (χ0n) is 14.8. The Balaban J connectivity index is 1.72. The highest BCUT2D eigenvalue weighted by Gasteiger charge is 2.65. The second kappa shape index (κ2) is 4.08. The molecule has 1 heterocycles. The average molecular weight is 290 g/mol. The van der Waals surface area contributed by atoms with Crippen LogP contribution in [0.15, 0.2) is 0 Å². The molecule has 1 nitrogen and oxygen atoms in total. The van der Waals surface area contributed by atoms with Gasteiger partial charge in [0, 0.05) is 0 Å². The van der Waals surface area contributed by atoms with Gasteiger partial charge in [0.05, 0.1) is 12.2 Å². The van der Waals surface area contributed by atoms with Crippen molar-refractivity contribution in [1.29, 1.82) is 0 Å². The van der Waals surface area contributed by atoms with Crippen LogP contribution >= 0.6 is 0 Å². The summed E-state index contributed by atoms with van der Waals surface area (Å²) in [6, 6.07) is 0. The summed E-state index contributed by atoms with van der Waals surface area (Å²) < 4.78 is 6.59. The van der Waals surface area contributed by atoms with Crippen molar-refractivity contribution in [2.24, 2.45) is 34.0 Å². The predicted octanol–water partition coefficient (Wildman–Crippen LogP) is 5.43. The normalized spacial score (nSPS) is 53.9. The van der Waals surface area contributed by atoms with Gasteiger partial charge in [0.25, 0.3) is 0 Å². The molecule has 2 unspecified atom stereocenters. The van der Waals surface area contributed by atoms with E-state index in [-0.39, 0.29) is 5.60 Å². The van der Waals surface area contributed by atoms with Crippen LogP contribution in [0.1, 0.15) is 79.6 Å². The molecule has 0 radical (unpaired) electrons. The number of rotatable bonds is 0. The van der Waals surface area contributed by atoms with E-state index in [0.29, 0.717) is 16.2 Å². The molecule has 4 aliphatic rings. The molecule has 120 valence electrons. The van der Waals surface area contributed by atoms with Crippen molar-refractivity contribution in [1.82, 2.24) is 0 Å². The molecule has 0 aromatic carbocycles. The van der Waals surface area contributed by atoms with Gasteiger partial charge in [-0.25, -0.2) is 0 Å². The summed E-state index contributed by atoms with van der Waals surface area (Å²) in [6.07, 6.45) is 9.81. The SMILES string of the molecule is CC1(C)CCC[C@@]2(C)CC3[C@H]4CO[C@@]3(CCC4(C)C)CC12. The highest BCUT2D eigenvalue weighted by atomic mass is 16.5. The number of fused-ring (bicyclic) bond motifs is 1. The fourth-order valence-corrected chi connectivity index (χ4v) is 7.09. The van der Waals surface area contributed by atoms with Gasteiger partial charge in [-0.3, -0.25) is 0 Å². The Bertz CT molecular complexity index is 451. The van der Waals surface area contributed by atoms with E-state index in [0.717, 1.165) is 24.4 Å². The van der Waals surface area contributed by atoms with Crippen molar-refractivity contribution in [3.63, 3.8) is 0 Å². The van der Waals surface area contributed by atoms with E-state index in [1.807, 2.05) is 0 Å². The van der Waals surface area contributed by atoms with Crippen LogP contribution in [-0.2, 0) is 4.74 Å². The lowest BCUT2D eigenvalue weighted by Crippen LogP contribution is -2.58. The van der Waals surface area contributed by atoms with Crippen molar-refractivity contribution >= 4 is 0 Å². The van der Waals surface area contributed by atoms with Crippen LogP contribution in [0, 0.1) is 34.0 Å². The molecule has 3 aliphatic carbocycles. The minimum Gasteiger partial charge on any atom is -0.374 e. The molecule has 0 N–H and O–H groups in total. The lowest BCUT2D eigenvalue weighted by molar-refractivity contribution is -0.162. The summed E-state index contributed by atoms with van der Waals surface area (Å²) in [4.78, 5) is 0. The molecule has 21 heavy (non-hydrogen) atoms. The zero-order chi connectivity index (χ0) is 15.1. The van der Waals surface area contributed by atoms with E-state index in [2.05, 4.69) is 34.6 Å². The minimum atomic E-state index is 0.263. The Morgan fingerprint density at radius 2 is 1.52 bits per heavy atom. The Kier molecular flexibility index (Phi) is 2.82. The Labute approximate surface area is 131 Å². The third-order valence-electron chi connectivity index (χ3n) is 8.50. The van der Waals surface area contributed by atoms with E-state index in [1.165, 1.54) is 44.9 Å². The van der Waals surface area contributed by atoms with Gasteiger partial charge in [0.15, 0.2) is 0 Å². The third-order valence-corrected chi connectivity index (χ3v) is 8.50. The fraction of sp³-hybridized carbons (Fsp3) is 1.00. The van der Waals surface area contributed by atoms with Crippen LogP contribution < -0.4 is 0 Å². The Morgan fingerprint density at radius 3 is 2.29 bits per heavy atom. The van der Waals surface area contributed by atoms with E-state index in [1.54, 1.807) is 0 Å². The summed E-state index contributed by atoms with van der Waals surface area (Å²) in [6.45, 7) is 13.7. The van der Waals surface area contributed by atoms with Crippen LogP contribution in [0.2, 0.25) is 0 Å². The predicted molar refractivity (Wildman–Crippen MR) is 87.1 cm³/mol. The summed E-state index contributed by atoms with van der Waals surface area (Å²) in [7, 11) is 0. The van der Waals surface area contributed by atoms with Gasteiger partial charge in [-0.1, -0.05) is 41.0 Å². The van der Waals surface area contributed by atoms with Gasteiger partial charge >= 0.3 is 0 Å². The molecule has 5 atom stereocenters. The van der Waals surface area contributed by atoms with Crippen molar-refractivity contribution < 1.29 is 4.74 Å². The molecule has 0 amide bonds. The Hall–Kier alpha value is -0.0400. The molecule has 2 bridgehead atoms. The summed E-state index contributed by atoms with van der Waals surface area (Å²) in [5.74, 6) is 2.53. The molecule has 1 saturated heterocycles. The van der Waals surface area contributed by atoms with Crippen molar-refractivity contribution in [3.8, 4) is 0 Å². The van der Waals surface area contributed by atoms with E-state index in [9.17, 15) is 0 Å². The number of hydrogen-bond acceptors (Lipinski definition) is 1. The molecule has 0 spiro atoms. The van der Waals surface area contributed by atoms with Crippen LogP contribution in [0.5, 0.6) is 0 Å². The fourth-order valence-electron chi connectivity index (χ4n) is 7.09. The van der Waals surface area contributed by atoms with E-state index >= 15 is 0 Å². The lowest BCUT2D eigenvalue weighted by Gasteiger charge is -2.62. The molecule has 1 aliphatic heterocycles. The summed E-state index contributed by atoms with van der Waals surface area (Å²) >= 11 is 0. The standard InChI is InChI=1S/C20H34O/c1-17(2)9-10-20-12-16-18(3,4)7-6-8-19(16,5)11-14(20)15(17)13-21-20/h14-16H,6-13H2,1-5H3/t14?,15-,16?,19+,20+/m1/s1. The average Bonchev–Trinajstić information content (AvgIpc) is 2.67. The molecule has 4 fully saturated rings. The number of hydrogen-bond donors (Lipinski definition) is 0. The first-order valence-corrected chi connectivity index (χ1v) is 9.33. The minimum absolute atomic E-state index is 0.263. The summed E-state index contributed by atoms with van der Waals surface area (Å²) in [5, 5.41) is 0. The first-order chi connectivity index (χ1) is 9.69. The van der Waals surface area contributed by atoms with Crippen LogP contribution in [0.4, 0.5) is 0 Å². The molecular formula is C20H34O. The van der Waals surface area contributed by atoms with Crippen LogP contribution in [0.3, 0.4) is 0 Å². The highest BCUT2D eigenvalue weighted by Crippen LogP contribution is 2.68. The van der Waals surface area contributed by atoms with Gasteiger partial charge in [0.2, 0.25) is 0 Å². The quantitative estimate of drug-likeness (QED) is 0.577. The number of ether oxygens (including phenoxy) is 1. The summed E-state index contributed by atoms with van der Waals surface area (Å²) in [5.41, 5.74) is 1.85. The first-order valence-electron chi connectivity index (χ1n) is 9.33. The molecule has 0 aromatic heterocycles. The van der Waals surface area contributed by atoms with E-state index in [4.69, 9.17) is 4.74 Å². The maximum atomic E-state index is 6.59. The van der Waals surface area contributed by atoms with Gasteiger partial charge in [-0.15, -0.1) is 0 Å². The Morgan fingerprint density at radius 1 is 0.762 bits per heavy atom. The molecule has 3 saturated carbocycles. The third kappa shape index (κ3) is 1.85. The van der Waals surface area contributed by atoms with Gasteiger partial charge < -0.3 is 4.74 Å². The monoisotopic (exact) mass is 290 g/mol.